The highest BCUT2D eigenvalue weighted by Gasteiger charge is 2.29. The lowest BCUT2D eigenvalue weighted by atomic mass is 10.0. The van der Waals surface area contributed by atoms with Gasteiger partial charge >= 0.3 is 0 Å². The summed E-state index contributed by atoms with van der Waals surface area (Å²) in [4.78, 5) is 38.5. The predicted molar refractivity (Wildman–Crippen MR) is 150 cm³/mol. The van der Waals surface area contributed by atoms with E-state index in [1.807, 2.05) is 25.1 Å². The number of amides is 2. The van der Waals surface area contributed by atoms with Crippen LogP contribution in [0.4, 0.5) is 5.82 Å². The van der Waals surface area contributed by atoms with Gasteiger partial charge in [0.25, 0.3) is 11.8 Å². The number of fused-ring (bicyclic) bond motifs is 1. The van der Waals surface area contributed by atoms with E-state index in [4.69, 9.17) is 9.72 Å². The first-order valence-corrected chi connectivity index (χ1v) is 13.6. The maximum Gasteiger partial charge on any atom is 0.259 e. The molecule has 1 aromatic heterocycles. The molecular formula is C29H38N6O4. The van der Waals surface area contributed by atoms with E-state index in [0.717, 1.165) is 61.6 Å². The van der Waals surface area contributed by atoms with Crippen molar-refractivity contribution in [2.24, 2.45) is 0 Å². The summed E-state index contributed by atoms with van der Waals surface area (Å²) in [7, 11) is 1.57. The number of likely N-dealkylation sites (N-methyl/N-ethyl adjacent to an activating group) is 1. The Morgan fingerprint density at radius 2 is 2.05 bits per heavy atom. The monoisotopic (exact) mass is 534 g/mol. The van der Waals surface area contributed by atoms with Crippen LogP contribution in [-0.2, 0) is 14.3 Å². The Bertz CT molecular complexity index is 1260. The van der Waals surface area contributed by atoms with Crippen molar-refractivity contribution in [2.45, 2.75) is 51.2 Å². The number of aromatic nitrogens is 2. The van der Waals surface area contributed by atoms with Crippen molar-refractivity contribution in [3.05, 3.63) is 41.6 Å². The van der Waals surface area contributed by atoms with Crippen molar-refractivity contribution in [3.63, 3.8) is 0 Å². The molecule has 0 unspecified atom stereocenters. The Hall–Kier alpha value is -3.52. The van der Waals surface area contributed by atoms with Crippen molar-refractivity contribution in [2.75, 3.05) is 51.8 Å². The molecule has 2 aromatic rings. The molecule has 0 saturated carbocycles. The molecule has 2 aliphatic heterocycles. The second kappa shape index (κ2) is 13.5. The number of nitrogens with zero attached hydrogens (tertiary/aromatic N) is 4. The fourth-order valence-corrected chi connectivity index (χ4v) is 4.57. The standard InChI is InChI=1S/C29H38N6O4/c1-4-6-24(29(38)34(3)20(2)17-36)28(37)30-12-5-7-21-8-9-25-26(15-21)33-27(16-31-25)32-22-10-13-35(14-11-22)23-18-39-19-23/h6,8-9,15-16,20,22-23,36H,4,10-14,17-19H2,1-3H3,(H,30,37)(H,32,33)/b24-6-/t20-/m0/s1. The number of aliphatic hydroxyl groups is 1. The van der Waals surface area contributed by atoms with Gasteiger partial charge in [-0.2, -0.15) is 0 Å². The summed E-state index contributed by atoms with van der Waals surface area (Å²) in [6.07, 6.45) is 6.02. The minimum Gasteiger partial charge on any atom is -0.394 e. The van der Waals surface area contributed by atoms with Gasteiger partial charge in [-0.1, -0.05) is 24.8 Å². The number of ether oxygens (including phenoxy) is 1. The first-order chi connectivity index (χ1) is 18.9. The van der Waals surface area contributed by atoms with Crippen molar-refractivity contribution in [3.8, 4) is 11.8 Å². The number of hydrogen-bond acceptors (Lipinski definition) is 8. The lowest BCUT2D eigenvalue weighted by Crippen LogP contribution is -2.53. The lowest BCUT2D eigenvalue weighted by Gasteiger charge is -2.41. The summed E-state index contributed by atoms with van der Waals surface area (Å²) in [5, 5.41) is 15.6. The van der Waals surface area contributed by atoms with Crippen LogP contribution in [0, 0.1) is 11.8 Å². The van der Waals surface area contributed by atoms with Gasteiger partial charge < -0.3 is 25.4 Å². The van der Waals surface area contributed by atoms with Crippen LogP contribution in [0.1, 0.15) is 38.7 Å². The first kappa shape index (κ1) is 28.5. The van der Waals surface area contributed by atoms with Gasteiger partial charge in [0.05, 0.1) is 55.7 Å². The van der Waals surface area contributed by atoms with Crippen LogP contribution < -0.4 is 10.6 Å². The smallest absolute Gasteiger partial charge is 0.259 e. The molecule has 3 heterocycles. The molecule has 0 bridgehead atoms. The van der Waals surface area contributed by atoms with E-state index in [-0.39, 0.29) is 18.7 Å². The van der Waals surface area contributed by atoms with Gasteiger partial charge in [-0.05, 0) is 44.4 Å². The molecule has 3 N–H and O–H groups in total. The van der Waals surface area contributed by atoms with E-state index in [1.165, 1.54) is 4.90 Å². The quantitative estimate of drug-likeness (QED) is 0.192. The Morgan fingerprint density at radius 3 is 2.72 bits per heavy atom. The summed E-state index contributed by atoms with van der Waals surface area (Å²) in [5.41, 5.74) is 2.34. The second-order valence-corrected chi connectivity index (χ2v) is 10.1. The molecule has 0 aliphatic carbocycles. The van der Waals surface area contributed by atoms with Crippen molar-refractivity contribution in [1.29, 1.82) is 0 Å². The molecule has 0 spiro atoms. The van der Waals surface area contributed by atoms with Crippen molar-refractivity contribution in [1.82, 2.24) is 25.1 Å². The molecule has 2 aliphatic rings. The number of carbonyl (C=O) groups is 2. The maximum absolute atomic E-state index is 12.7. The lowest BCUT2D eigenvalue weighted by molar-refractivity contribution is -0.131. The highest BCUT2D eigenvalue weighted by Crippen LogP contribution is 2.21. The Kier molecular flexibility index (Phi) is 9.87. The highest BCUT2D eigenvalue weighted by atomic mass is 16.5. The van der Waals surface area contributed by atoms with E-state index in [0.29, 0.717) is 18.5 Å². The van der Waals surface area contributed by atoms with Gasteiger partial charge in [-0.15, -0.1) is 0 Å². The molecule has 39 heavy (non-hydrogen) atoms. The molecule has 1 aromatic carbocycles. The van der Waals surface area contributed by atoms with Gasteiger partial charge in [-0.25, -0.2) is 4.98 Å². The molecule has 10 nitrogen and oxygen atoms in total. The molecule has 208 valence electrons. The van der Waals surface area contributed by atoms with E-state index in [2.05, 4.69) is 32.4 Å². The Labute approximate surface area is 229 Å². The second-order valence-electron chi connectivity index (χ2n) is 10.1. The minimum atomic E-state index is -0.486. The fraction of sp³-hybridized carbons (Fsp3) is 0.517. The largest absolute Gasteiger partial charge is 0.394 e. The molecule has 2 saturated heterocycles. The third-order valence-electron chi connectivity index (χ3n) is 7.26. The number of benzene rings is 1. The van der Waals surface area contributed by atoms with Gasteiger partial charge in [0.1, 0.15) is 11.4 Å². The number of hydrogen-bond donors (Lipinski definition) is 3. The zero-order valence-electron chi connectivity index (χ0n) is 22.9. The number of nitrogens with one attached hydrogen (secondary N) is 2. The normalized spacial score (nSPS) is 17.6. The third-order valence-corrected chi connectivity index (χ3v) is 7.26. The zero-order valence-corrected chi connectivity index (χ0v) is 22.9. The van der Waals surface area contributed by atoms with E-state index < -0.39 is 17.9 Å². The van der Waals surface area contributed by atoms with Gasteiger partial charge in [0, 0.05) is 31.7 Å². The van der Waals surface area contributed by atoms with Crippen LogP contribution >= 0.6 is 0 Å². The van der Waals surface area contributed by atoms with Crippen LogP contribution in [0.2, 0.25) is 0 Å². The topological polar surface area (TPSA) is 120 Å². The van der Waals surface area contributed by atoms with Crippen LogP contribution in [-0.4, -0.2) is 101 Å². The number of piperidine rings is 1. The maximum atomic E-state index is 12.7. The van der Waals surface area contributed by atoms with Gasteiger partial charge in [0.2, 0.25) is 0 Å². The van der Waals surface area contributed by atoms with Gasteiger partial charge in [0.15, 0.2) is 0 Å². The summed E-state index contributed by atoms with van der Waals surface area (Å²) in [5.74, 6) is 5.84. The number of aliphatic hydroxyl groups excluding tert-OH is 1. The summed E-state index contributed by atoms with van der Waals surface area (Å²) >= 11 is 0. The molecular weight excluding hydrogens is 496 g/mol. The van der Waals surface area contributed by atoms with Gasteiger partial charge in [-0.3, -0.25) is 19.5 Å². The van der Waals surface area contributed by atoms with E-state index in [1.54, 1.807) is 26.2 Å². The summed E-state index contributed by atoms with van der Waals surface area (Å²) in [6.45, 7) is 7.30. The molecule has 2 amide bonds. The number of rotatable bonds is 9. The number of likely N-dealkylation sites (tertiary alicyclic amines) is 1. The minimum absolute atomic E-state index is 0.0471. The average molecular weight is 535 g/mol. The molecule has 1 atom stereocenters. The van der Waals surface area contributed by atoms with E-state index >= 15 is 0 Å². The Balaban J connectivity index is 1.33. The molecule has 10 heteroatoms. The average Bonchev–Trinajstić information content (AvgIpc) is 2.92. The van der Waals surface area contributed by atoms with E-state index in [9.17, 15) is 14.7 Å². The molecule has 4 rings (SSSR count). The highest BCUT2D eigenvalue weighted by molar-refractivity contribution is 6.18. The fourth-order valence-electron chi connectivity index (χ4n) is 4.57. The number of carbonyl (C=O) groups excluding carboxylic acids is 2. The SMILES string of the molecule is CC/C=C(/C(=O)NCC#Cc1ccc2ncc(NC3CCN(C4COC4)CC3)nc2c1)C(=O)N(C)[C@@H](C)CO. The number of anilines is 1. The molecule has 2 fully saturated rings. The third kappa shape index (κ3) is 7.32. The first-order valence-electron chi connectivity index (χ1n) is 13.6. The summed E-state index contributed by atoms with van der Waals surface area (Å²) < 4.78 is 5.32. The number of allylic oxidation sites excluding steroid dienone is 1. The molecule has 0 radical (unpaired) electrons. The van der Waals surface area contributed by atoms with Crippen molar-refractivity contribution >= 4 is 28.7 Å². The summed E-state index contributed by atoms with van der Waals surface area (Å²) in [6, 6.07) is 6.20. The predicted octanol–water partition coefficient (Wildman–Crippen LogP) is 1.55. The van der Waals surface area contributed by atoms with Crippen LogP contribution in [0.15, 0.2) is 36.0 Å². The van der Waals surface area contributed by atoms with Crippen LogP contribution in [0.25, 0.3) is 11.0 Å². The Morgan fingerprint density at radius 1 is 1.28 bits per heavy atom. The van der Waals surface area contributed by atoms with Crippen LogP contribution in [0.5, 0.6) is 0 Å². The van der Waals surface area contributed by atoms with Crippen molar-refractivity contribution < 1.29 is 19.4 Å². The van der Waals surface area contributed by atoms with Crippen LogP contribution in [0.3, 0.4) is 0 Å². The zero-order chi connectivity index (χ0) is 27.8.